The molecule has 0 bridgehead atoms. The van der Waals surface area contributed by atoms with E-state index in [1.54, 1.807) is 24.8 Å². The maximum absolute atomic E-state index is 12.3. The molecular formula is C15H21N5O. The molecule has 0 aliphatic heterocycles. The standard InChI is InChI=1S/C15H21N5O/c1-4-12(9-20-8-7-16-10-20)18-15(21)13-5-6-17-14(19-13)11(2)3/h5-8,10-12H,4,9H2,1-3H3,(H,18,21)/t12-/m1/s1. The maximum Gasteiger partial charge on any atom is 0.270 e. The Morgan fingerprint density at radius 2 is 2.19 bits per heavy atom. The van der Waals surface area contributed by atoms with Gasteiger partial charge in [0, 0.05) is 37.1 Å². The Labute approximate surface area is 124 Å². The van der Waals surface area contributed by atoms with Crippen LogP contribution in [0.3, 0.4) is 0 Å². The highest BCUT2D eigenvalue weighted by molar-refractivity contribution is 5.92. The third-order valence-electron chi connectivity index (χ3n) is 3.24. The van der Waals surface area contributed by atoms with E-state index >= 15 is 0 Å². The highest BCUT2D eigenvalue weighted by Crippen LogP contribution is 2.08. The van der Waals surface area contributed by atoms with E-state index < -0.39 is 0 Å². The van der Waals surface area contributed by atoms with Gasteiger partial charge in [-0.3, -0.25) is 4.79 Å². The molecule has 0 spiro atoms. The molecular weight excluding hydrogens is 266 g/mol. The van der Waals surface area contributed by atoms with Crippen molar-refractivity contribution in [1.29, 1.82) is 0 Å². The van der Waals surface area contributed by atoms with Crippen molar-refractivity contribution in [3.05, 3.63) is 42.5 Å². The molecule has 0 aromatic carbocycles. The first-order chi connectivity index (χ1) is 10.1. The van der Waals surface area contributed by atoms with Crippen molar-refractivity contribution in [2.24, 2.45) is 0 Å². The smallest absolute Gasteiger partial charge is 0.270 e. The fourth-order valence-corrected chi connectivity index (χ4v) is 1.96. The molecule has 0 aliphatic carbocycles. The van der Waals surface area contributed by atoms with E-state index in [1.165, 1.54) is 0 Å². The number of carbonyl (C=O) groups excluding carboxylic acids is 1. The van der Waals surface area contributed by atoms with Crippen molar-refractivity contribution >= 4 is 5.91 Å². The lowest BCUT2D eigenvalue weighted by molar-refractivity contribution is 0.0926. The molecule has 0 fully saturated rings. The quantitative estimate of drug-likeness (QED) is 0.882. The molecule has 6 nitrogen and oxygen atoms in total. The molecule has 112 valence electrons. The second-order valence-corrected chi connectivity index (χ2v) is 5.29. The zero-order chi connectivity index (χ0) is 15.2. The van der Waals surface area contributed by atoms with Crippen LogP contribution in [0.5, 0.6) is 0 Å². The van der Waals surface area contributed by atoms with Gasteiger partial charge in [-0.15, -0.1) is 0 Å². The van der Waals surface area contributed by atoms with E-state index in [0.29, 0.717) is 18.1 Å². The first-order valence-corrected chi connectivity index (χ1v) is 7.19. The van der Waals surface area contributed by atoms with Gasteiger partial charge < -0.3 is 9.88 Å². The predicted molar refractivity (Wildman–Crippen MR) is 79.9 cm³/mol. The van der Waals surface area contributed by atoms with Crippen molar-refractivity contribution in [2.45, 2.75) is 45.7 Å². The van der Waals surface area contributed by atoms with Crippen LogP contribution >= 0.6 is 0 Å². The van der Waals surface area contributed by atoms with Gasteiger partial charge in [-0.05, 0) is 12.5 Å². The molecule has 0 aliphatic rings. The highest BCUT2D eigenvalue weighted by atomic mass is 16.1. The van der Waals surface area contributed by atoms with Gasteiger partial charge in [0.1, 0.15) is 11.5 Å². The molecule has 1 N–H and O–H groups in total. The molecule has 21 heavy (non-hydrogen) atoms. The van der Waals surface area contributed by atoms with E-state index in [0.717, 1.165) is 6.42 Å². The number of nitrogens with zero attached hydrogens (tertiary/aromatic N) is 4. The number of rotatable bonds is 6. The van der Waals surface area contributed by atoms with Gasteiger partial charge in [0.2, 0.25) is 0 Å². The average Bonchev–Trinajstić information content (AvgIpc) is 2.99. The van der Waals surface area contributed by atoms with Crippen LogP contribution in [0.2, 0.25) is 0 Å². The minimum absolute atomic E-state index is 0.0455. The molecule has 0 radical (unpaired) electrons. The summed E-state index contributed by atoms with van der Waals surface area (Å²) in [5, 5.41) is 3.01. The summed E-state index contributed by atoms with van der Waals surface area (Å²) in [6, 6.07) is 1.69. The Balaban J connectivity index is 2.03. The summed E-state index contributed by atoms with van der Waals surface area (Å²) in [7, 11) is 0. The Kier molecular flexibility index (Phi) is 5.03. The van der Waals surface area contributed by atoms with Crippen LogP contribution in [-0.4, -0.2) is 31.5 Å². The molecule has 0 saturated carbocycles. The van der Waals surface area contributed by atoms with Gasteiger partial charge in [-0.25, -0.2) is 15.0 Å². The zero-order valence-corrected chi connectivity index (χ0v) is 12.7. The Bertz CT molecular complexity index is 580. The molecule has 0 unspecified atom stereocenters. The average molecular weight is 287 g/mol. The fraction of sp³-hybridized carbons (Fsp3) is 0.467. The lowest BCUT2D eigenvalue weighted by Crippen LogP contribution is -2.37. The summed E-state index contributed by atoms with van der Waals surface area (Å²) in [5.74, 6) is 0.724. The lowest BCUT2D eigenvalue weighted by Gasteiger charge is -2.17. The number of hydrogen-bond acceptors (Lipinski definition) is 4. The minimum atomic E-state index is -0.161. The fourth-order valence-electron chi connectivity index (χ4n) is 1.96. The van der Waals surface area contributed by atoms with E-state index in [2.05, 4.69) is 20.3 Å². The first-order valence-electron chi connectivity index (χ1n) is 7.19. The van der Waals surface area contributed by atoms with Gasteiger partial charge in [-0.1, -0.05) is 20.8 Å². The van der Waals surface area contributed by atoms with Gasteiger partial charge >= 0.3 is 0 Å². The second-order valence-electron chi connectivity index (χ2n) is 5.29. The molecule has 2 aromatic rings. The number of imidazole rings is 1. The maximum atomic E-state index is 12.3. The summed E-state index contributed by atoms with van der Waals surface area (Å²) in [4.78, 5) is 24.8. The van der Waals surface area contributed by atoms with Crippen LogP contribution in [0.1, 0.15) is 49.4 Å². The van der Waals surface area contributed by atoms with Crippen LogP contribution < -0.4 is 5.32 Å². The molecule has 2 aromatic heterocycles. The SMILES string of the molecule is CC[C@H](Cn1ccnc1)NC(=O)c1ccnc(C(C)C)n1. The molecule has 2 heterocycles. The van der Waals surface area contributed by atoms with E-state index in [4.69, 9.17) is 0 Å². The predicted octanol–water partition coefficient (Wildman–Crippen LogP) is 2.01. The molecule has 0 saturated heterocycles. The van der Waals surface area contributed by atoms with Crippen LogP contribution in [0.15, 0.2) is 31.0 Å². The highest BCUT2D eigenvalue weighted by Gasteiger charge is 2.15. The van der Waals surface area contributed by atoms with E-state index in [-0.39, 0.29) is 17.9 Å². The number of aromatic nitrogens is 4. The van der Waals surface area contributed by atoms with Crippen molar-refractivity contribution in [1.82, 2.24) is 24.8 Å². The van der Waals surface area contributed by atoms with Crippen molar-refractivity contribution in [2.75, 3.05) is 0 Å². The minimum Gasteiger partial charge on any atom is -0.346 e. The first kappa shape index (κ1) is 15.2. The monoisotopic (exact) mass is 287 g/mol. The number of hydrogen-bond donors (Lipinski definition) is 1. The number of carbonyl (C=O) groups is 1. The van der Waals surface area contributed by atoms with E-state index in [1.807, 2.05) is 31.5 Å². The molecule has 2 rings (SSSR count). The molecule has 1 amide bonds. The Morgan fingerprint density at radius 3 is 2.81 bits per heavy atom. The third kappa shape index (κ3) is 4.11. The van der Waals surface area contributed by atoms with Gasteiger partial charge in [0.05, 0.1) is 6.33 Å². The normalized spacial score (nSPS) is 12.4. The lowest BCUT2D eigenvalue weighted by atomic mass is 10.2. The van der Waals surface area contributed by atoms with E-state index in [9.17, 15) is 4.79 Å². The van der Waals surface area contributed by atoms with Gasteiger partial charge in [0.15, 0.2) is 0 Å². The van der Waals surface area contributed by atoms with Gasteiger partial charge in [-0.2, -0.15) is 0 Å². The summed E-state index contributed by atoms with van der Waals surface area (Å²) in [5.41, 5.74) is 0.415. The van der Waals surface area contributed by atoms with Crippen molar-refractivity contribution in [3.63, 3.8) is 0 Å². The summed E-state index contributed by atoms with van der Waals surface area (Å²) >= 11 is 0. The van der Waals surface area contributed by atoms with Gasteiger partial charge in [0.25, 0.3) is 5.91 Å². The Hall–Kier alpha value is -2.24. The van der Waals surface area contributed by atoms with Crippen molar-refractivity contribution in [3.8, 4) is 0 Å². The Morgan fingerprint density at radius 1 is 1.38 bits per heavy atom. The summed E-state index contributed by atoms with van der Waals surface area (Å²) in [6.45, 7) is 6.75. The van der Waals surface area contributed by atoms with Crippen LogP contribution in [-0.2, 0) is 6.54 Å². The van der Waals surface area contributed by atoms with Crippen molar-refractivity contribution < 1.29 is 4.79 Å². The summed E-state index contributed by atoms with van der Waals surface area (Å²) < 4.78 is 1.95. The second kappa shape index (κ2) is 6.97. The van der Waals surface area contributed by atoms with Crippen LogP contribution in [0, 0.1) is 0 Å². The number of nitrogens with one attached hydrogen (secondary N) is 1. The van der Waals surface area contributed by atoms with Crippen LogP contribution in [0.25, 0.3) is 0 Å². The topological polar surface area (TPSA) is 72.7 Å². The molecule has 1 atom stereocenters. The third-order valence-corrected chi connectivity index (χ3v) is 3.24. The molecule has 6 heteroatoms. The number of amides is 1. The summed E-state index contributed by atoms with van der Waals surface area (Å²) in [6.07, 6.45) is 7.83. The zero-order valence-electron chi connectivity index (χ0n) is 12.7. The largest absolute Gasteiger partial charge is 0.346 e. The van der Waals surface area contributed by atoms with Crippen LogP contribution in [0.4, 0.5) is 0 Å².